The van der Waals surface area contributed by atoms with Crippen molar-refractivity contribution in [3.63, 3.8) is 0 Å². The first-order valence-corrected chi connectivity index (χ1v) is 13.1. The molecular formula is C28H32F2N8O3. The molecule has 2 amide bonds. The summed E-state index contributed by atoms with van der Waals surface area (Å²) in [5.41, 5.74) is 10.8. The maximum Gasteiger partial charge on any atom is 0.276 e. The van der Waals surface area contributed by atoms with Crippen LogP contribution in [0.2, 0.25) is 0 Å². The summed E-state index contributed by atoms with van der Waals surface area (Å²) in [5, 5.41) is 6.86. The summed E-state index contributed by atoms with van der Waals surface area (Å²) in [6.45, 7) is 5.79. The van der Waals surface area contributed by atoms with Crippen LogP contribution < -0.4 is 27.2 Å². The first kappa shape index (κ1) is 29.3. The monoisotopic (exact) mass is 566 g/mol. The maximum atomic E-state index is 14.3. The number of para-hydroxylation sites is 1. The summed E-state index contributed by atoms with van der Waals surface area (Å²) in [5.74, 6) is -1.84. The van der Waals surface area contributed by atoms with Crippen molar-refractivity contribution in [1.29, 1.82) is 0 Å². The zero-order valence-corrected chi connectivity index (χ0v) is 23.0. The number of nitrogens with zero attached hydrogens (tertiary/aromatic N) is 5. The quantitative estimate of drug-likeness (QED) is 0.324. The molecule has 5 N–H and O–H groups in total. The molecule has 1 fully saturated rings. The first-order chi connectivity index (χ1) is 19.5. The molecule has 0 saturated carbocycles. The van der Waals surface area contributed by atoms with Crippen LogP contribution in [-0.4, -0.2) is 50.8 Å². The van der Waals surface area contributed by atoms with Crippen LogP contribution in [0.4, 0.5) is 20.2 Å². The number of hydrogen-bond donors (Lipinski definition) is 3. The molecule has 216 valence electrons. The van der Waals surface area contributed by atoms with Gasteiger partial charge in [-0.05, 0) is 43.2 Å². The van der Waals surface area contributed by atoms with Crippen LogP contribution in [0.1, 0.15) is 48.9 Å². The lowest BCUT2D eigenvalue weighted by atomic mass is 10.2. The number of nitrogens with two attached hydrogens (primary N) is 2. The predicted molar refractivity (Wildman–Crippen MR) is 152 cm³/mol. The Kier molecular flexibility index (Phi) is 8.77. The topological polar surface area (TPSA) is 154 Å². The minimum Gasteiger partial charge on any atom is -0.369 e. The molecule has 0 aliphatic carbocycles. The van der Waals surface area contributed by atoms with Crippen molar-refractivity contribution in [3.8, 4) is 5.69 Å². The molecular weight excluding hydrogens is 534 g/mol. The van der Waals surface area contributed by atoms with Gasteiger partial charge in [0.15, 0.2) is 11.6 Å². The molecule has 3 heterocycles. The van der Waals surface area contributed by atoms with E-state index in [-0.39, 0.29) is 18.2 Å². The second-order valence-electron chi connectivity index (χ2n) is 9.87. The number of fused-ring (bicyclic) bond motifs is 1. The molecule has 41 heavy (non-hydrogen) atoms. The Morgan fingerprint density at radius 3 is 2.24 bits per heavy atom. The lowest BCUT2D eigenvalue weighted by Crippen LogP contribution is -2.27. The number of anilines is 2. The Morgan fingerprint density at radius 1 is 1.02 bits per heavy atom. The van der Waals surface area contributed by atoms with Gasteiger partial charge in [0.2, 0.25) is 5.91 Å². The normalized spacial score (nSPS) is 12.9. The van der Waals surface area contributed by atoms with Gasteiger partial charge in [-0.3, -0.25) is 14.4 Å². The van der Waals surface area contributed by atoms with Gasteiger partial charge in [-0.2, -0.15) is 9.78 Å². The van der Waals surface area contributed by atoms with E-state index in [0.717, 1.165) is 66.7 Å². The van der Waals surface area contributed by atoms with Crippen LogP contribution in [0.25, 0.3) is 16.7 Å². The number of hydrogen-bond acceptors (Lipinski definition) is 7. The smallest absolute Gasteiger partial charge is 0.276 e. The van der Waals surface area contributed by atoms with Crippen molar-refractivity contribution in [2.24, 2.45) is 18.5 Å². The van der Waals surface area contributed by atoms with Crippen molar-refractivity contribution in [2.45, 2.75) is 32.6 Å². The summed E-state index contributed by atoms with van der Waals surface area (Å²) in [4.78, 5) is 42.2. The highest BCUT2D eigenvalue weighted by molar-refractivity contribution is 6.08. The number of carbonyl (C=O) groups is 2. The lowest BCUT2D eigenvalue weighted by molar-refractivity contribution is -0.116. The average Bonchev–Trinajstić information content (AvgIpc) is 3.58. The fourth-order valence-corrected chi connectivity index (χ4v) is 4.71. The molecule has 0 radical (unpaired) electrons. The standard InChI is InChI=1S/C26H26F2N6O2.C2H6N2O/c1-15(2)25-30-22-20(32(25)3)11-9-18(24(22)33-13-4-5-14-33)29-26(36)19-10-12-21(35)34(31-19)23-16(27)7-6-8-17(23)28;3-1-2(4)5/h6-12,15H,4-5,13-14H2,1-3H3,(H,29,36);1,3H2,(H2,4,5). The van der Waals surface area contributed by atoms with E-state index >= 15 is 0 Å². The van der Waals surface area contributed by atoms with E-state index in [4.69, 9.17) is 10.7 Å². The van der Waals surface area contributed by atoms with Crippen LogP contribution in [-0.2, 0) is 11.8 Å². The maximum absolute atomic E-state index is 14.3. The van der Waals surface area contributed by atoms with Crippen LogP contribution >= 0.6 is 0 Å². The van der Waals surface area contributed by atoms with Crippen molar-refractivity contribution < 1.29 is 18.4 Å². The number of aromatic nitrogens is 4. The van der Waals surface area contributed by atoms with Crippen LogP contribution in [0.3, 0.4) is 0 Å². The molecule has 1 aliphatic rings. The number of amides is 2. The van der Waals surface area contributed by atoms with Gasteiger partial charge in [-0.1, -0.05) is 19.9 Å². The Labute approximate surface area is 234 Å². The molecule has 2 aromatic heterocycles. The number of halogens is 2. The minimum absolute atomic E-state index is 0.0556. The van der Waals surface area contributed by atoms with Crippen molar-refractivity contribution >= 4 is 34.2 Å². The second kappa shape index (κ2) is 12.3. The van der Waals surface area contributed by atoms with E-state index in [1.807, 2.05) is 19.2 Å². The van der Waals surface area contributed by atoms with Crippen molar-refractivity contribution in [2.75, 3.05) is 29.9 Å². The van der Waals surface area contributed by atoms with Crippen molar-refractivity contribution in [1.82, 2.24) is 19.3 Å². The number of carbonyl (C=O) groups excluding carboxylic acids is 2. The van der Waals surface area contributed by atoms with Crippen molar-refractivity contribution in [3.05, 3.63) is 76.0 Å². The predicted octanol–water partition coefficient (Wildman–Crippen LogP) is 2.80. The molecule has 4 aromatic rings. The van der Waals surface area contributed by atoms with Gasteiger partial charge >= 0.3 is 0 Å². The van der Waals surface area contributed by atoms with E-state index in [0.29, 0.717) is 10.4 Å². The highest BCUT2D eigenvalue weighted by Crippen LogP contribution is 2.37. The minimum atomic E-state index is -0.958. The molecule has 0 spiro atoms. The summed E-state index contributed by atoms with van der Waals surface area (Å²) in [6, 6.07) is 9.27. The summed E-state index contributed by atoms with van der Waals surface area (Å²) in [6.07, 6.45) is 2.07. The second-order valence-corrected chi connectivity index (χ2v) is 9.87. The van der Waals surface area contributed by atoms with E-state index < -0.39 is 34.7 Å². The Bertz CT molecular complexity index is 1640. The molecule has 0 atom stereocenters. The molecule has 5 rings (SSSR count). The van der Waals surface area contributed by atoms with Gasteiger partial charge in [0.1, 0.15) is 22.7 Å². The number of aryl methyl sites for hydroxylation is 1. The largest absolute Gasteiger partial charge is 0.369 e. The van der Waals surface area contributed by atoms with E-state index in [1.165, 1.54) is 12.1 Å². The number of rotatable bonds is 6. The summed E-state index contributed by atoms with van der Waals surface area (Å²) >= 11 is 0. The summed E-state index contributed by atoms with van der Waals surface area (Å²) in [7, 11) is 1.98. The third-order valence-corrected chi connectivity index (χ3v) is 6.63. The molecule has 13 heteroatoms. The van der Waals surface area contributed by atoms with E-state index in [2.05, 4.69) is 39.5 Å². The van der Waals surface area contributed by atoms with E-state index in [1.54, 1.807) is 0 Å². The van der Waals surface area contributed by atoms with Crippen LogP contribution in [0, 0.1) is 11.6 Å². The van der Waals surface area contributed by atoms with Gasteiger partial charge in [-0.25, -0.2) is 13.8 Å². The van der Waals surface area contributed by atoms with E-state index in [9.17, 15) is 23.2 Å². The van der Waals surface area contributed by atoms with Gasteiger partial charge in [0.25, 0.3) is 11.5 Å². The number of benzene rings is 2. The SMILES string of the molecule is CC(C)c1nc2c(N3CCCC3)c(NC(=O)c3ccc(=O)n(-c4c(F)cccc4F)n3)ccc2n1C.NCC(N)=O. The number of nitrogens with one attached hydrogen (secondary N) is 1. The van der Waals surface area contributed by atoms with Gasteiger partial charge in [0, 0.05) is 32.1 Å². The molecule has 1 aliphatic heterocycles. The molecule has 11 nitrogen and oxygen atoms in total. The highest BCUT2D eigenvalue weighted by Gasteiger charge is 2.25. The van der Waals surface area contributed by atoms with Gasteiger partial charge < -0.3 is 26.3 Å². The third kappa shape index (κ3) is 6.09. The highest BCUT2D eigenvalue weighted by atomic mass is 19.1. The zero-order chi connectivity index (χ0) is 29.8. The fourth-order valence-electron chi connectivity index (χ4n) is 4.71. The Hall–Kier alpha value is -4.65. The zero-order valence-electron chi connectivity index (χ0n) is 23.0. The van der Waals surface area contributed by atoms with Gasteiger partial charge in [-0.15, -0.1) is 0 Å². The Morgan fingerprint density at radius 2 is 1.66 bits per heavy atom. The van der Waals surface area contributed by atoms with Crippen LogP contribution in [0.5, 0.6) is 0 Å². The summed E-state index contributed by atoms with van der Waals surface area (Å²) < 4.78 is 31.2. The lowest BCUT2D eigenvalue weighted by Gasteiger charge is -2.22. The Balaban J connectivity index is 0.000000714. The average molecular weight is 567 g/mol. The number of primary amides is 1. The number of imidazole rings is 1. The molecule has 1 saturated heterocycles. The first-order valence-electron chi connectivity index (χ1n) is 13.1. The molecule has 2 aromatic carbocycles. The van der Waals surface area contributed by atoms with Gasteiger partial charge in [0.05, 0.1) is 23.4 Å². The van der Waals surface area contributed by atoms with Crippen LogP contribution in [0.15, 0.2) is 47.3 Å². The third-order valence-electron chi connectivity index (χ3n) is 6.63. The fraction of sp³-hybridized carbons (Fsp3) is 0.321. The molecule has 0 unspecified atom stereocenters. The molecule has 0 bridgehead atoms.